The average molecular weight is 454 g/mol. The number of carbonyl (C=O) groups excluding carboxylic acids is 1. The number of nitrogens with one attached hydrogen (secondary N) is 4. The van der Waals surface area contributed by atoms with E-state index in [-0.39, 0.29) is 12.1 Å². The van der Waals surface area contributed by atoms with Crippen LogP contribution >= 0.6 is 0 Å². The van der Waals surface area contributed by atoms with Gasteiger partial charge in [-0.05, 0) is 42.3 Å². The standard InChI is InChI=1S/C24H23N9O/c34-24(30-18-2-1-7-25-13-18)33-8-5-15(6-9-33)21-11-19-22(26-14-27-23(19)31-21)29-17-3-4-20-16(10-17)12-28-32-20/h1-5,7,10,12-14,21H,6,8-9,11H2,(H,28,32)(H,30,34)(H2,26,27,29,31). The predicted molar refractivity (Wildman–Crippen MR) is 130 cm³/mol. The number of anilines is 4. The second-order valence-electron chi connectivity index (χ2n) is 8.39. The maximum Gasteiger partial charge on any atom is 0.322 e. The molecule has 5 heterocycles. The Morgan fingerprint density at radius 1 is 1.15 bits per heavy atom. The molecule has 0 fully saturated rings. The molecular formula is C24H23N9O. The van der Waals surface area contributed by atoms with Crippen molar-refractivity contribution in [3.8, 4) is 0 Å². The summed E-state index contributed by atoms with van der Waals surface area (Å²) < 4.78 is 0. The molecule has 0 bridgehead atoms. The molecule has 4 aromatic rings. The zero-order valence-electron chi connectivity index (χ0n) is 18.3. The SMILES string of the molecule is O=C(Nc1cccnc1)N1CC=C(C2Cc3c(Nc4ccc5[nH]ncc5c4)ncnc3N2)CC1. The summed E-state index contributed by atoms with van der Waals surface area (Å²) in [5, 5.41) is 18.0. The van der Waals surface area contributed by atoms with Crippen LogP contribution in [0.25, 0.3) is 10.9 Å². The number of carbonyl (C=O) groups is 1. The van der Waals surface area contributed by atoms with Crippen LogP contribution < -0.4 is 16.0 Å². The van der Waals surface area contributed by atoms with Gasteiger partial charge in [-0.15, -0.1) is 0 Å². The molecule has 0 spiro atoms. The van der Waals surface area contributed by atoms with Crippen LogP contribution in [0.4, 0.5) is 27.8 Å². The number of rotatable bonds is 4. The van der Waals surface area contributed by atoms with E-state index in [1.54, 1.807) is 35.9 Å². The van der Waals surface area contributed by atoms with E-state index in [1.807, 2.05) is 24.3 Å². The number of nitrogens with zero attached hydrogens (tertiary/aromatic N) is 5. The molecular weight excluding hydrogens is 430 g/mol. The van der Waals surface area contributed by atoms with Gasteiger partial charge < -0.3 is 20.9 Å². The second kappa shape index (κ2) is 8.47. The third-order valence-corrected chi connectivity index (χ3v) is 6.26. The first-order valence-electron chi connectivity index (χ1n) is 11.2. The van der Waals surface area contributed by atoms with Crippen molar-refractivity contribution < 1.29 is 4.79 Å². The first-order valence-corrected chi connectivity index (χ1v) is 11.2. The van der Waals surface area contributed by atoms with E-state index in [2.05, 4.69) is 47.2 Å². The Balaban J connectivity index is 1.13. The summed E-state index contributed by atoms with van der Waals surface area (Å²) in [4.78, 5) is 27.4. The van der Waals surface area contributed by atoms with Crippen LogP contribution in [0.2, 0.25) is 0 Å². The highest BCUT2D eigenvalue weighted by Gasteiger charge is 2.30. The summed E-state index contributed by atoms with van der Waals surface area (Å²) in [6.07, 6.45) is 10.4. The molecule has 0 radical (unpaired) electrons. The Bertz CT molecular complexity index is 1380. The number of aromatic nitrogens is 5. The Kier molecular flexibility index (Phi) is 5.02. The highest BCUT2D eigenvalue weighted by molar-refractivity contribution is 5.89. The van der Waals surface area contributed by atoms with Crippen molar-refractivity contribution in [1.82, 2.24) is 30.0 Å². The summed E-state index contributed by atoms with van der Waals surface area (Å²) in [6.45, 7) is 1.23. The Morgan fingerprint density at radius 3 is 2.97 bits per heavy atom. The second-order valence-corrected chi connectivity index (χ2v) is 8.39. The molecule has 6 rings (SSSR count). The lowest BCUT2D eigenvalue weighted by molar-refractivity contribution is 0.215. The number of aromatic amines is 1. The van der Waals surface area contributed by atoms with Crippen molar-refractivity contribution in [3.63, 3.8) is 0 Å². The lowest BCUT2D eigenvalue weighted by atomic mass is 9.97. The predicted octanol–water partition coefficient (Wildman–Crippen LogP) is 3.69. The van der Waals surface area contributed by atoms with Crippen LogP contribution in [0.15, 0.2) is 66.9 Å². The van der Waals surface area contributed by atoms with Crippen LogP contribution in [0.5, 0.6) is 0 Å². The fourth-order valence-corrected chi connectivity index (χ4v) is 4.46. The minimum Gasteiger partial charge on any atom is -0.363 e. The van der Waals surface area contributed by atoms with E-state index in [9.17, 15) is 4.79 Å². The van der Waals surface area contributed by atoms with E-state index in [1.165, 1.54) is 5.57 Å². The largest absolute Gasteiger partial charge is 0.363 e. The molecule has 2 aliphatic rings. The molecule has 10 nitrogen and oxygen atoms in total. The van der Waals surface area contributed by atoms with Gasteiger partial charge in [0.05, 0.1) is 29.6 Å². The van der Waals surface area contributed by atoms with Gasteiger partial charge >= 0.3 is 6.03 Å². The van der Waals surface area contributed by atoms with Gasteiger partial charge in [0.25, 0.3) is 0 Å². The number of amides is 2. The molecule has 2 aliphatic heterocycles. The van der Waals surface area contributed by atoms with Crippen LogP contribution in [0.3, 0.4) is 0 Å². The molecule has 170 valence electrons. The molecule has 0 saturated heterocycles. The first-order chi connectivity index (χ1) is 16.7. The molecule has 1 aromatic carbocycles. The smallest absolute Gasteiger partial charge is 0.322 e. The van der Waals surface area contributed by atoms with Crippen LogP contribution in [-0.4, -0.2) is 55.2 Å². The van der Waals surface area contributed by atoms with Gasteiger partial charge in [0.15, 0.2) is 0 Å². The van der Waals surface area contributed by atoms with E-state index >= 15 is 0 Å². The number of fused-ring (bicyclic) bond motifs is 2. The quantitative estimate of drug-likeness (QED) is 0.347. The van der Waals surface area contributed by atoms with Crippen LogP contribution in [-0.2, 0) is 6.42 Å². The average Bonchev–Trinajstić information content (AvgIpc) is 3.52. The number of hydrogen-bond acceptors (Lipinski definition) is 7. The fourth-order valence-electron chi connectivity index (χ4n) is 4.46. The maximum absolute atomic E-state index is 12.6. The fraction of sp³-hybridized carbons (Fsp3) is 0.208. The highest BCUT2D eigenvalue weighted by Crippen LogP contribution is 2.34. The lowest BCUT2D eigenvalue weighted by Crippen LogP contribution is -2.39. The van der Waals surface area contributed by atoms with Gasteiger partial charge in [-0.3, -0.25) is 10.1 Å². The molecule has 3 aromatic heterocycles. The minimum atomic E-state index is -0.113. The molecule has 10 heteroatoms. The van der Waals surface area contributed by atoms with Crippen molar-refractivity contribution in [2.45, 2.75) is 18.9 Å². The topological polar surface area (TPSA) is 124 Å². The third kappa shape index (κ3) is 3.90. The van der Waals surface area contributed by atoms with Gasteiger partial charge in [0.2, 0.25) is 0 Å². The van der Waals surface area contributed by atoms with E-state index in [0.717, 1.165) is 46.6 Å². The Morgan fingerprint density at radius 2 is 2.12 bits per heavy atom. The summed E-state index contributed by atoms with van der Waals surface area (Å²) in [7, 11) is 0. The van der Waals surface area contributed by atoms with E-state index in [0.29, 0.717) is 18.8 Å². The zero-order valence-corrected chi connectivity index (χ0v) is 18.3. The Hall–Kier alpha value is -4.47. The van der Waals surface area contributed by atoms with Gasteiger partial charge in [0, 0.05) is 42.3 Å². The number of pyridine rings is 1. The molecule has 4 N–H and O–H groups in total. The Labute approximate surface area is 195 Å². The van der Waals surface area contributed by atoms with Crippen LogP contribution in [0, 0.1) is 0 Å². The van der Waals surface area contributed by atoms with Gasteiger partial charge in [-0.2, -0.15) is 5.10 Å². The number of benzene rings is 1. The molecule has 0 saturated carbocycles. The molecule has 34 heavy (non-hydrogen) atoms. The van der Waals surface area contributed by atoms with Crippen molar-refractivity contribution in [2.75, 3.05) is 29.0 Å². The highest BCUT2D eigenvalue weighted by atomic mass is 16.2. The van der Waals surface area contributed by atoms with Gasteiger partial charge in [0.1, 0.15) is 18.0 Å². The third-order valence-electron chi connectivity index (χ3n) is 6.26. The number of H-pyrrole nitrogens is 1. The van der Waals surface area contributed by atoms with E-state index < -0.39 is 0 Å². The molecule has 0 aliphatic carbocycles. The van der Waals surface area contributed by atoms with Gasteiger partial charge in [-0.1, -0.05) is 6.08 Å². The zero-order chi connectivity index (χ0) is 22.9. The number of urea groups is 1. The molecule has 1 atom stereocenters. The van der Waals surface area contributed by atoms with Gasteiger partial charge in [-0.25, -0.2) is 14.8 Å². The van der Waals surface area contributed by atoms with Crippen molar-refractivity contribution in [2.24, 2.45) is 0 Å². The summed E-state index contributed by atoms with van der Waals surface area (Å²) in [5.41, 5.74) is 4.99. The maximum atomic E-state index is 12.6. The van der Waals surface area contributed by atoms with Crippen molar-refractivity contribution in [3.05, 3.63) is 72.5 Å². The first kappa shape index (κ1) is 20.2. The summed E-state index contributed by atoms with van der Waals surface area (Å²) >= 11 is 0. The van der Waals surface area contributed by atoms with Crippen molar-refractivity contribution >= 4 is 39.9 Å². The van der Waals surface area contributed by atoms with E-state index in [4.69, 9.17) is 0 Å². The van der Waals surface area contributed by atoms with Crippen molar-refractivity contribution in [1.29, 1.82) is 0 Å². The minimum absolute atomic E-state index is 0.113. The summed E-state index contributed by atoms with van der Waals surface area (Å²) in [5.74, 6) is 1.65. The molecule has 1 unspecified atom stereocenters. The number of hydrogen-bond donors (Lipinski definition) is 4. The molecule has 2 amide bonds. The monoisotopic (exact) mass is 453 g/mol. The lowest BCUT2D eigenvalue weighted by Gasteiger charge is -2.29. The van der Waals surface area contributed by atoms with Crippen LogP contribution in [0.1, 0.15) is 12.0 Å². The normalized spacial score (nSPS) is 17.1. The summed E-state index contributed by atoms with van der Waals surface area (Å²) in [6, 6.07) is 9.71.